The molecule has 0 saturated carbocycles. The van der Waals surface area contributed by atoms with E-state index in [1.54, 1.807) is 13.8 Å². The maximum atomic E-state index is 13.2. The van der Waals surface area contributed by atoms with Gasteiger partial charge in [-0.3, -0.25) is 19.2 Å². The number of amides is 3. The number of hydrogen-bond acceptors (Lipinski definition) is 9. The first-order chi connectivity index (χ1) is 17.7. The van der Waals surface area contributed by atoms with Crippen LogP contribution in [0.15, 0.2) is 36.5 Å². The van der Waals surface area contributed by atoms with Gasteiger partial charge in [-0.1, -0.05) is 30.3 Å². The molecule has 2 heterocycles. The van der Waals surface area contributed by atoms with Gasteiger partial charge in [-0.15, -0.1) is 11.3 Å². The van der Waals surface area contributed by atoms with Gasteiger partial charge >= 0.3 is 0 Å². The molecule has 2 aromatic rings. The highest BCUT2D eigenvalue weighted by Crippen LogP contribution is 2.29. The van der Waals surface area contributed by atoms with E-state index >= 15 is 0 Å². The van der Waals surface area contributed by atoms with E-state index in [0.717, 1.165) is 5.56 Å². The second-order valence-corrected chi connectivity index (χ2v) is 10.1. The van der Waals surface area contributed by atoms with Crippen LogP contribution in [0.4, 0.5) is 0 Å². The lowest BCUT2D eigenvalue weighted by Gasteiger charge is -2.25. The zero-order valence-electron chi connectivity index (χ0n) is 21.2. The first kappa shape index (κ1) is 28.4. The van der Waals surface area contributed by atoms with Crippen LogP contribution in [0.2, 0.25) is 0 Å². The summed E-state index contributed by atoms with van der Waals surface area (Å²) in [6, 6.07) is 6.20. The molecule has 1 aliphatic rings. The standard InChI is InChI=1S/C25H32N4O7S/c1-15-26-11-20(37-15)24(33)29-19(13-35-4)23(32)28-18(12-34-3)22(31)27-17(21(30)25(2)14-36-25)10-16-8-6-5-7-9-16/h5-9,11,17-19H,10,12-14H2,1-4H3,(H,27,31)(H,28,32)(H,29,33)/t17?,18-,19-,25?/m0/s1. The zero-order valence-corrected chi connectivity index (χ0v) is 22.1. The summed E-state index contributed by atoms with van der Waals surface area (Å²) in [7, 11) is 2.78. The minimum absolute atomic E-state index is 0.124. The summed E-state index contributed by atoms with van der Waals surface area (Å²) < 4.78 is 15.6. The smallest absolute Gasteiger partial charge is 0.263 e. The third-order valence-electron chi connectivity index (χ3n) is 5.78. The number of epoxide rings is 1. The highest BCUT2D eigenvalue weighted by molar-refractivity contribution is 7.13. The summed E-state index contributed by atoms with van der Waals surface area (Å²) in [5.41, 5.74) is -0.0887. The third kappa shape index (κ3) is 7.89. The van der Waals surface area contributed by atoms with Crippen LogP contribution in [0.1, 0.15) is 27.2 Å². The van der Waals surface area contributed by atoms with E-state index < -0.39 is 41.4 Å². The van der Waals surface area contributed by atoms with E-state index in [-0.39, 0.29) is 32.0 Å². The molecule has 1 fully saturated rings. The molecule has 3 N–H and O–H groups in total. The topological polar surface area (TPSA) is 148 Å². The first-order valence-corrected chi connectivity index (χ1v) is 12.5. The first-order valence-electron chi connectivity index (χ1n) is 11.7. The molecule has 1 aromatic heterocycles. The summed E-state index contributed by atoms with van der Waals surface area (Å²) in [4.78, 5) is 56.3. The van der Waals surface area contributed by atoms with Crippen LogP contribution in [0.5, 0.6) is 0 Å². The fraction of sp³-hybridized carbons (Fsp3) is 0.480. The van der Waals surface area contributed by atoms with Crippen molar-refractivity contribution in [3.05, 3.63) is 52.0 Å². The number of methoxy groups -OCH3 is 2. The average Bonchev–Trinajstić information content (AvgIpc) is 3.48. The van der Waals surface area contributed by atoms with E-state index in [2.05, 4.69) is 20.9 Å². The van der Waals surface area contributed by atoms with Crippen molar-refractivity contribution in [2.75, 3.05) is 34.0 Å². The van der Waals surface area contributed by atoms with Crippen LogP contribution < -0.4 is 16.0 Å². The van der Waals surface area contributed by atoms with Crippen LogP contribution in [-0.2, 0) is 35.0 Å². The number of nitrogens with zero attached hydrogens (tertiary/aromatic N) is 1. The molecular weight excluding hydrogens is 500 g/mol. The Bertz CT molecular complexity index is 1100. The number of thiazole rings is 1. The minimum atomic E-state index is -1.13. The Morgan fingerprint density at radius 3 is 2.08 bits per heavy atom. The molecule has 12 heteroatoms. The maximum absolute atomic E-state index is 13.2. The monoisotopic (exact) mass is 532 g/mol. The summed E-state index contributed by atoms with van der Waals surface area (Å²) >= 11 is 1.19. The number of carbonyl (C=O) groups excluding carboxylic acids is 4. The molecule has 37 heavy (non-hydrogen) atoms. The van der Waals surface area contributed by atoms with Crippen molar-refractivity contribution in [1.29, 1.82) is 0 Å². The number of rotatable bonds is 14. The Labute approximate surface area is 219 Å². The Balaban J connectivity index is 1.70. The lowest BCUT2D eigenvalue weighted by atomic mass is 9.94. The van der Waals surface area contributed by atoms with Gasteiger partial charge in [-0.2, -0.15) is 0 Å². The zero-order chi connectivity index (χ0) is 27.0. The fourth-order valence-corrected chi connectivity index (χ4v) is 4.30. The number of carbonyl (C=O) groups is 4. The predicted molar refractivity (Wildman–Crippen MR) is 135 cm³/mol. The van der Waals surface area contributed by atoms with Crippen molar-refractivity contribution >= 4 is 34.8 Å². The van der Waals surface area contributed by atoms with Gasteiger partial charge in [-0.25, -0.2) is 4.98 Å². The fourth-order valence-electron chi connectivity index (χ4n) is 3.62. The molecule has 200 valence electrons. The second-order valence-electron chi connectivity index (χ2n) is 8.88. The molecule has 1 aliphatic heterocycles. The Kier molecular flexibility index (Phi) is 9.86. The average molecular weight is 533 g/mol. The second kappa shape index (κ2) is 12.9. The van der Waals surface area contributed by atoms with E-state index in [9.17, 15) is 19.2 Å². The molecule has 2 unspecified atom stereocenters. The van der Waals surface area contributed by atoms with Crippen LogP contribution in [0, 0.1) is 6.92 Å². The van der Waals surface area contributed by atoms with E-state index in [0.29, 0.717) is 9.88 Å². The quantitative estimate of drug-likeness (QED) is 0.297. The Hall–Kier alpha value is -3.19. The summed E-state index contributed by atoms with van der Waals surface area (Å²) in [5.74, 6) is -1.98. The molecule has 3 rings (SSSR count). The van der Waals surface area contributed by atoms with Crippen molar-refractivity contribution in [1.82, 2.24) is 20.9 Å². The van der Waals surface area contributed by atoms with Crippen LogP contribution in [0.25, 0.3) is 0 Å². The van der Waals surface area contributed by atoms with E-state index in [1.165, 1.54) is 31.8 Å². The Morgan fingerprint density at radius 2 is 1.57 bits per heavy atom. The van der Waals surface area contributed by atoms with E-state index in [1.807, 2.05) is 30.3 Å². The molecule has 3 amide bonds. The molecular formula is C25H32N4O7S. The lowest BCUT2D eigenvalue weighted by Crippen LogP contribution is -2.59. The number of hydrogen-bond donors (Lipinski definition) is 3. The van der Waals surface area contributed by atoms with Crippen LogP contribution in [-0.4, -0.2) is 86.3 Å². The van der Waals surface area contributed by atoms with Gasteiger partial charge < -0.3 is 30.2 Å². The van der Waals surface area contributed by atoms with Gasteiger partial charge in [0.25, 0.3) is 5.91 Å². The number of benzene rings is 1. The predicted octanol–water partition coefficient (Wildman–Crippen LogP) is 0.413. The molecule has 1 saturated heterocycles. The third-order valence-corrected chi connectivity index (χ3v) is 6.69. The summed E-state index contributed by atoms with van der Waals surface area (Å²) in [6.45, 7) is 3.44. The molecule has 1 aromatic carbocycles. The van der Waals surface area contributed by atoms with Gasteiger partial charge in [0.05, 0.1) is 37.1 Å². The minimum Gasteiger partial charge on any atom is -0.382 e. The summed E-state index contributed by atoms with van der Waals surface area (Å²) in [6.07, 6.45) is 1.68. The van der Waals surface area contributed by atoms with E-state index in [4.69, 9.17) is 14.2 Å². The van der Waals surface area contributed by atoms with Gasteiger partial charge in [0.2, 0.25) is 11.8 Å². The number of ether oxygens (including phenoxy) is 3. The SMILES string of the molecule is COC[C@H](NC(=O)c1cnc(C)s1)C(=O)N[C@@H](COC)C(=O)NC(Cc1ccccc1)C(=O)C1(C)CO1. The number of aromatic nitrogens is 1. The van der Waals surface area contributed by atoms with Crippen molar-refractivity contribution in [2.24, 2.45) is 0 Å². The lowest BCUT2D eigenvalue weighted by molar-refractivity contribution is -0.134. The number of aryl methyl sites for hydroxylation is 1. The molecule has 0 radical (unpaired) electrons. The number of nitrogens with one attached hydrogen (secondary N) is 3. The van der Waals surface area contributed by atoms with Crippen LogP contribution in [0.3, 0.4) is 0 Å². The highest BCUT2D eigenvalue weighted by Gasteiger charge is 2.50. The van der Waals surface area contributed by atoms with Crippen molar-refractivity contribution in [3.63, 3.8) is 0 Å². The van der Waals surface area contributed by atoms with Gasteiger partial charge in [0.15, 0.2) is 5.78 Å². The van der Waals surface area contributed by atoms with Gasteiger partial charge in [0, 0.05) is 14.2 Å². The normalized spacial score (nSPS) is 18.8. The van der Waals surface area contributed by atoms with Crippen LogP contribution >= 0.6 is 11.3 Å². The van der Waals surface area contributed by atoms with Crippen molar-refractivity contribution < 1.29 is 33.4 Å². The Morgan fingerprint density at radius 1 is 1.00 bits per heavy atom. The van der Waals surface area contributed by atoms with Gasteiger partial charge in [0.1, 0.15) is 22.6 Å². The largest absolute Gasteiger partial charge is 0.382 e. The van der Waals surface area contributed by atoms with Gasteiger partial charge in [-0.05, 0) is 25.8 Å². The molecule has 11 nitrogen and oxygen atoms in total. The molecule has 4 atom stereocenters. The maximum Gasteiger partial charge on any atom is 0.263 e. The molecule has 0 bridgehead atoms. The highest BCUT2D eigenvalue weighted by atomic mass is 32.1. The molecule has 0 aliphatic carbocycles. The van der Waals surface area contributed by atoms with Crippen molar-refractivity contribution in [2.45, 2.75) is 44.0 Å². The molecule has 0 spiro atoms. The summed E-state index contributed by atoms with van der Waals surface area (Å²) in [5, 5.41) is 8.67. The number of ketones is 1. The number of Topliss-reactive ketones (excluding diaryl/α,β-unsaturated/α-hetero) is 1. The van der Waals surface area contributed by atoms with Crippen molar-refractivity contribution in [3.8, 4) is 0 Å².